The molecule has 0 saturated heterocycles. The minimum absolute atomic E-state index is 0.0749. The molecule has 0 aromatic heterocycles. The minimum Gasteiger partial charge on any atom is -0.391 e. The van der Waals surface area contributed by atoms with Crippen LogP contribution in [0.25, 0.3) is 0 Å². The van der Waals surface area contributed by atoms with Gasteiger partial charge in [0.25, 0.3) is 0 Å². The van der Waals surface area contributed by atoms with Gasteiger partial charge in [0.1, 0.15) is 13.2 Å². The maximum absolute atomic E-state index is 12.9. The van der Waals surface area contributed by atoms with E-state index in [1.54, 1.807) is 0 Å². The Morgan fingerprint density at radius 3 is 1.49 bits per heavy atom. The van der Waals surface area contributed by atoms with Gasteiger partial charge in [-0.3, -0.25) is 13.8 Å². The number of allylic oxidation sites excluding steroid dienone is 4. The average Bonchev–Trinajstić information content (AvgIpc) is 3.13. The van der Waals surface area contributed by atoms with Crippen LogP contribution in [0.5, 0.6) is 0 Å². The number of phosphoric ester groups is 1. The Kier molecular flexibility index (Phi) is 37.8. The smallest absolute Gasteiger partial charge is 0.391 e. The first-order valence-electron chi connectivity index (χ1n) is 23.2. The molecule has 0 saturated carbocycles. The number of nitrogens with one attached hydrogen (secondary N) is 1. The van der Waals surface area contributed by atoms with Crippen molar-refractivity contribution in [1.82, 2.24) is 5.32 Å². The van der Waals surface area contributed by atoms with Crippen LogP contribution in [0.2, 0.25) is 0 Å². The van der Waals surface area contributed by atoms with Crippen LogP contribution in [0.15, 0.2) is 24.3 Å². The molecule has 0 aliphatic carbocycles. The second-order valence-corrected chi connectivity index (χ2v) is 18.6. The van der Waals surface area contributed by atoms with Gasteiger partial charge in [-0.05, 0) is 44.9 Å². The zero-order chi connectivity index (χ0) is 40.7. The lowest BCUT2D eigenvalue weighted by molar-refractivity contribution is -0.870. The number of likely N-dealkylation sites (N-methyl/N-ethyl adjacent to an activating group) is 1. The molecule has 9 heteroatoms. The van der Waals surface area contributed by atoms with E-state index in [-0.39, 0.29) is 19.1 Å². The summed E-state index contributed by atoms with van der Waals surface area (Å²) in [6.45, 7) is 4.86. The molecule has 3 N–H and O–H groups in total. The average molecular weight is 800 g/mol. The van der Waals surface area contributed by atoms with Crippen LogP contribution in [-0.4, -0.2) is 73.4 Å². The molecule has 3 atom stereocenters. The number of aliphatic hydroxyl groups excluding tert-OH is 1. The van der Waals surface area contributed by atoms with E-state index in [1.807, 2.05) is 21.1 Å². The van der Waals surface area contributed by atoms with Crippen molar-refractivity contribution in [3.05, 3.63) is 24.3 Å². The molecule has 0 aliphatic rings. The molecule has 0 fully saturated rings. The normalized spacial score (nSPS) is 14.5. The third-order valence-electron chi connectivity index (χ3n) is 10.5. The van der Waals surface area contributed by atoms with Gasteiger partial charge in [-0.1, -0.05) is 186 Å². The van der Waals surface area contributed by atoms with E-state index in [4.69, 9.17) is 9.05 Å². The van der Waals surface area contributed by atoms with Gasteiger partial charge in [0, 0.05) is 6.42 Å². The molecule has 0 radical (unpaired) electrons. The van der Waals surface area contributed by atoms with Gasteiger partial charge in [-0.25, -0.2) is 4.57 Å². The highest BCUT2D eigenvalue weighted by Crippen LogP contribution is 2.43. The number of aliphatic hydroxyl groups is 1. The summed E-state index contributed by atoms with van der Waals surface area (Å²) in [7, 11) is 1.62. The van der Waals surface area contributed by atoms with E-state index < -0.39 is 20.0 Å². The fraction of sp³-hybridized carbons (Fsp3) is 0.891. The van der Waals surface area contributed by atoms with E-state index in [1.165, 1.54) is 141 Å². The third-order valence-corrected chi connectivity index (χ3v) is 11.4. The Balaban J connectivity index is 4.19. The van der Waals surface area contributed by atoms with Crippen LogP contribution >= 0.6 is 7.82 Å². The van der Waals surface area contributed by atoms with Crippen LogP contribution in [0.3, 0.4) is 0 Å². The van der Waals surface area contributed by atoms with E-state index >= 15 is 0 Å². The van der Waals surface area contributed by atoms with Crippen molar-refractivity contribution in [2.45, 2.75) is 225 Å². The van der Waals surface area contributed by atoms with Gasteiger partial charge < -0.3 is 19.8 Å². The topological polar surface area (TPSA) is 105 Å². The number of rotatable bonds is 42. The minimum atomic E-state index is -4.31. The number of amides is 1. The molecule has 8 nitrogen and oxygen atoms in total. The lowest BCUT2D eigenvalue weighted by Gasteiger charge is -2.26. The number of phosphoric acid groups is 1. The number of quaternary nitrogens is 1. The fourth-order valence-corrected chi connectivity index (χ4v) is 7.46. The largest absolute Gasteiger partial charge is 0.472 e. The van der Waals surface area contributed by atoms with E-state index in [9.17, 15) is 19.4 Å². The van der Waals surface area contributed by atoms with Crippen molar-refractivity contribution in [1.29, 1.82) is 0 Å². The molecule has 0 heterocycles. The molecule has 0 spiro atoms. The highest BCUT2D eigenvalue weighted by atomic mass is 31.2. The van der Waals surface area contributed by atoms with E-state index in [0.29, 0.717) is 23.9 Å². The zero-order valence-corrected chi connectivity index (χ0v) is 37.8. The summed E-state index contributed by atoms with van der Waals surface area (Å²) in [6, 6.07) is -0.757. The molecule has 0 aromatic rings. The highest BCUT2D eigenvalue weighted by molar-refractivity contribution is 7.47. The van der Waals surface area contributed by atoms with Gasteiger partial charge in [0.2, 0.25) is 5.91 Å². The molecular formula is C46H92N2O6P+. The number of nitrogens with zero attached hydrogens (tertiary/aromatic N) is 1. The number of carbonyl (C=O) groups is 1. The predicted molar refractivity (Wildman–Crippen MR) is 235 cm³/mol. The molecular weight excluding hydrogens is 707 g/mol. The maximum atomic E-state index is 12.9. The summed E-state index contributed by atoms with van der Waals surface area (Å²) < 4.78 is 23.6. The standard InChI is InChI=1S/C46H91N2O6P/c1-6-8-10-12-14-16-18-19-20-21-22-23-24-25-26-27-28-29-30-32-34-36-38-40-46(50)47-44(43-54-55(51,52)53-42-41-48(3,4)5)45(49)39-37-35-33-31-17-15-13-11-9-7-2/h18-19,21-22,44-45,49H,6-17,20,23-43H2,1-5H3,(H-,47,50,51,52)/p+1/b19-18-,22-21-. The molecule has 326 valence electrons. The van der Waals surface area contributed by atoms with Gasteiger partial charge in [-0.2, -0.15) is 0 Å². The van der Waals surface area contributed by atoms with Crippen LogP contribution < -0.4 is 5.32 Å². The summed E-state index contributed by atoms with van der Waals surface area (Å²) >= 11 is 0. The zero-order valence-electron chi connectivity index (χ0n) is 36.9. The van der Waals surface area contributed by atoms with Crippen LogP contribution in [0, 0.1) is 0 Å². The van der Waals surface area contributed by atoms with Gasteiger partial charge in [0.15, 0.2) is 0 Å². The van der Waals surface area contributed by atoms with Crippen molar-refractivity contribution in [2.24, 2.45) is 0 Å². The fourth-order valence-electron chi connectivity index (χ4n) is 6.72. The lowest BCUT2D eigenvalue weighted by Crippen LogP contribution is -2.46. The first-order chi connectivity index (χ1) is 26.5. The van der Waals surface area contributed by atoms with Crippen molar-refractivity contribution in [3.63, 3.8) is 0 Å². The van der Waals surface area contributed by atoms with Crippen molar-refractivity contribution in [3.8, 4) is 0 Å². The van der Waals surface area contributed by atoms with Crippen molar-refractivity contribution < 1.29 is 32.9 Å². The first kappa shape index (κ1) is 54.0. The van der Waals surface area contributed by atoms with Crippen LogP contribution in [-0.2, 0) is 18.4 Å². The van der Waals surface area contributed by atoms with Crippen molar-refractivity contribution in [2.75, 3.05) is 40.9 Å². The highest BCUT2D eigenvalue weighted by Gasteiger charge is 2.28. The maximum Gasteiger partial charge on any atom is 0.472 e. The molecule has 0 rings (SSSR count). The summed E-state index contributed by atoms with van der Waals surface area (Å²) in [5.74, 6) is -0.148. The summed E-state index contributed by atoms with van der Waals surface area (Å²) in [6.07, 6.45) is 44.9. The van der Waals surface area contributed by atoms with Crippen molar-refractivity contribution >= 4 is 13.7 Å². The Labute approximate surface area is 341 Å². The molecule has 1 amide bonds. The van der Waals surface area contributed by atoms with E-state index in [0.717, 1.165) is 44.9 Å². The number of carbonyl (C=O) groups excluding carboxylic acids is 1. The predicted octanol–water partition coefficient (Wildman–Crippen LogP) is 12.9. The summed E-state index contributed by atoms with van der Waals surface area (Å²) in [4.78, 5) is 23.1. The number of hydrogen-bond acceptors (Lipinski definition) is 5. The Morgan fingerprint density at radius 2 is 1.04 bits per heavy atom. The monoisotopic (exact) mass is 800 g/mol. The second kappa shape index (κ2) is 38.5. The van der Waals surface area contributed by atoms with Gasteiger partial charge in [0.05, 0.1) is 39.9 Å². The van der Waals surface area contributed by atoms with Gasteiger partial charge in [-0.15, -0.1) is 0 Å². The molecule has 0 aromatic carbocycles. The SMILES string of the molecule is CCCCCCC/C=C\C/C=C\CCCCCCCCCCCCCC(=O)NC(COP(=O)(O)OCC[N+](C)(C)C)C(O)CCCCCCCCCCCC. The Hall–Kier alpha value is -1.02. The molecule has 0 bridgehead atoms. The third kappa shape index (κ3) is 41.0. The Morgan fingerprint density at radius 1 is 0.618 bits per heavy atom. The van der Waals surface area contributed by atoms with Crippen LogP contribution in [0.1, 0.15) is 213 Å². The van der Waals surface area contributed by atoms with E-state index in [2.05, 4.69) is 43.5 Å². The number of unbranched alkanes of at least 4 members (excludes halogenated alkanes) is 25. The van der Waals surface area contributed by atoms with Gasteiger partial charge >= 0.3 is 7.82 Å². The van der Waals surface area contributed by atoms with Crippen LogP contribution in [0.4, 0.5) is 0 Å². The lowest BCUT2D eigenvalue weighted by atomic mass is 10.0. The molecule has 3 unspecified atom stereocenters. The second-order valence-electron chi connectivity index (χ2n) is 17.1. The quantitative estimate of drug-likeness (QED) is 0.0246. The molecule has 0 aliphatic heterocycles. The summed E-state index contributed by atoms with van der Waals surface area (Å²) in [5.41, 5.74) is 0. The number of hydrogen-bond donors (Lipinski definition) is 3. The Bertz CT molecular complexity index is 953. The summed E-state index contributed by atoms with van der Waals surface area (Å²) in [5, 5.41) is 13.9. The first-order valence-corrected chi connectivity index (χ1v) is 24.7. The molecule has 55 heavy (non-hydrogen) atoms.